The lowest BCUT2D eigenvalue weighted by molar-refractivity contribution is 0.0697. The summed E-state index contributed by atoms with van der Waals surface area (Å²) in [6.45, 7) is 0. The fourth-order valence-electron chi connectivity index (χ4n) is 4.99. The van der Waals surface area contributed by atoms with E-state index in [1.807, 2.05) is 66.7 Å². The molecule has 9 N–H and O–H groups in total. The molecule has 0 aromatic heterocycles. The van der Waals surface area contributed by atoms with E-state index < -0.39 is 11.4 Å². The third kappa shape index (κ3) is 2.63. The second-order valence-electron chi connectivity index (χ2n) is 8.10. The van der Waals surface area contributed by atoms with Gasteiger partial charge in [0.15, 0.2) is 0 Å². The smallest absolute Gasteiger partial charge is 0.336 e. The Morgan fingerprint density at radius 1 is 0.656 bits per heavy atom. The number of carboxylic acid groups (broad SMARTS) is 1. The summed E-state index contributed by atoms with van der Waals surface area (Å²) in [5, 5.41) is 10.0. The Kier molecular flexibility index (Phi) is 4.14. The Bertz CT molecular complexity index is 1370. The molecule has 5 rings (SSSR count). The summed E-state index contributed by atoms with van der Waals surface area (Å²) in [6.07, 6.45) is 0. The molecule has 1 aliphatic rings. The van der Waals surface area contributed by atoms with Crippen LogP contribution in [-0.2, 0) is 5.41 Å². The Hall–Kier alpha value is -4.45. The average molecular weight is 422 g/mol. The highest BCUT2D eigenvalue weighted by molar-refractivity contribution is 6.03. The molecule has 0 heterocycles. The van der Waals surface area contributed by atoms with E-state index in [4.69, 9.17) is 22.9 Å². The van der Waals surface area contributed by atoms with Crippen molar-refractivity contribution in [1.29, 1.82) is 0 Å². The van der Waals surface area contributed by atoms with Crippen LogP contribution in [-0.4, -0.2) is 11.1 Å². The number of nitrogen functional groups attached to an aromatic ring is 4. The van der Waals surface area contributed by atoms with Gasteiger partial charge in [0.2, 0.25) is 0 Å². The number of benzene rings is 4. The van der Waals surface area contributed by atoms with E-state index in [9.17, 15) is 9.90 Å². The minimum Gasteiger partial charge on any atom is -0.478 e. The van der Waals surface area contributed by atoms with Crippen LogP contribution in [0.2, 0.25) is 0 Å². The number of anilines is 4. The van der Waals surface area contributed by atoms with Crippen LogP contribution < -0.4 is 22.9 Å². The SMILES string of the molecule is Nc1cccc(C2(c3cccc(N)c3)c3cc(N)ccc3-c3c(C(=O)O)cc(N)cc32)c1. The summed E-state index contributed by atoms with van der Waals surface area (Å²) in [6, 6.07) is 24.0. The van der Waals surface area contributed by atoms with Gasteiger partial charge in [-0.2, -0.15) is 0 Å². The molecule has 0 saturated carbocycles. The Morgan fingerprint density at radius 2 is 1.22 bits per heavy atom. The fraction of sp³-hybridized carbons (Fsp3) is 0.0385. The number of hydrogen-bond donors (Lipinski definition) is 5. The molecule has 0 aliphatic heterocycles. The molecule has 0 radical (unpaired) electrons. The molecule has 0 saturated heterocycles. The number of aromatic carboxylic acids is 1. The Labute approximate surface area is 185 Å². The van der Waals surface area contributed by atoms with Crippen molar-refractivity contribution in [2.75, 3.05) is 22.9 Å². The first-order chi connectivity index (χ1) is 15.3. The number of fused-ring (bicyclic) bond motifs is 3. The molecule has 0 atom stereocenters. The van der Waals surface area contributed by atoms with Crippen LogP contribution in [0, 0.1) is 0 Å². The highest BCUT2D eigenvalue weighted by Crippen LogP contribution is 2.58. The summed E-state index contributed by atoms with van der Waals surface area (Å²) in [5.41, 5.74) is 31.0. The molecule has 6 heteroatoms. The van der Waals surface area contributed by atoms with Crippen molar-refractivity contribution >= 4 is 28.7 Å². The third-order valence-corrected chi connectivity index (χ3v) is 6.15. The van der Waals surface area contributed by atoms with E-state index in [2.05, 4.69) is 0 Å². The van der Waals surface area contributed by atoms with Gasteiger partial charge in [0.05, 0.1) is 11.0 Å². The molecule has 4 aromatic rings. The lowest BCUT2D eigenvalue weighted by Gasteiger charge is -2.34. The van der Waals surface area contributed by atoms with E-state index in [1.165, 1.54) is 6.07 Å². The fourth-order valence-corrected chi connectivity index (χ4v) is 4.99. The van der Waals surface area contributed by atoms with Gasteiger partial charge in [-0.1, -0.05) is 30.3 Å². The lowest BCUT2D eigenvalue weighted by Crippen LogP contribution is -2.29. The molecule has 0 spiro atoms. The Balaban J connectivity index is 2.05. The van der Waals surface area contributed by atoms with Gasteiger partial charge in [-0.3, -0.25) is 0 Å². The number of carboxylic acids is 1. The molecule has 1 aliphatic carbocycles. The Morgan fingerprint density at radius 3 is 1.78 bits per heavy atom. The molecule has 0 unspecified atom stereocenters. The standard InChI is InChI=1S/C26H22N4O2/c27-16-5-1-3-14(9-16)26(15-4-2-6-17(28)10-15)22-12-18(29)7-8-20(22)24-21(25(31)32)11-19(30)13-23(24)26/h1-13H,27-30H2,(H,31,32). The predicted octanol–water partition coefficient (Wildman–Crippen LogP) is 4.08. The largest absolute Gasteiger partial charge is 0.478 e. The predicted molar refractivity (Wildman–Crippen MR) is 128 cm³/mol. The first kappa shape index (κ1) is 19.5. The number of nitrogens with two attached hydrogens (primary N) is 4. The van der Waals surface area contributed by atoms with Gasteiger partial charge in [-0.15, -0.1) is 0 Å². The van der Waals surface area contributed by atoms with Crippen LogP contribution in [0.1, 0.15) is 32.6 Å². The van der Waals surface area contributed by atoms with Gasteiger partial charge in [-0.25, -0.2) is 4.79 Å². The molecule has 6 nitrogen and oxygen atoms in total. The average Bonchev–Trinajstić information content (AvgIpc) is 3.03. The zero-order valence-corrected chi connectivity index (χ0v) is 17.2. The van der Waals surface area contributed by atoms with Gasteiger partial charge in [0.1, 0.15) is 0 Å². The topological polar surface area (TPSA) is 141 Å². The number of carbonyl (C=O) groups is 1. The summed E-state index contributed by atoms with van der Waals surface area (Å²) in [7, 11) is 0. The second kappa shape index (κ2) is 6.78. The van der Waals surface area contributed by atoms with Gasteiger partial charge in [0, 0.05) is 28.3 Å². The van der Waals surface area contributed by atoms with E-state index in [-0.39, 0.29) is 5.56 Å². The summed E-state index contributed by atoms with van der Waals surface area (Å²) < 4.78 is 0. The quantitative estimate of drug-likeness (QED) is 0.277. The summed E-state index contributed by atoms with van der Waals surface area (Å²) in [5.74, 6) is -1.05. The van der Waals surface area contributed by atoms with Crippen LogP contribution in [0.3, 0.4) is 0 Å². The summed E-state index contributed by atoms with van der Waals surface area (Å²) in [4.78, 5) is 12.3. The van der Waals surface area contributed by atoms with Crippen LogP contribution in [0.4, 0.5) is 22.7 Å². The molecular formula is C26H22N4O2. The van der Waals surface area contributed by atoms with Crippen LogP contribution in [0.5, 0.6) is 0 Å². The van der Waals surface area contributed by atoms with E-state index in [0.717, 1.165) is 27.8 Å². The van der Waals surface area contributed by atoms with Crippen molar-refractivity contribution in [1.82, 2.24) is 0 Å². The lowest BCUT2D eigenvalue weighted by atomic mass is 9.67. The zero-order chi connectivity index (χ0) is 22.6. The van der Waals surface area contributed by atoms with Gasteiger partial charge in [0.25, 0.3) is 0 Å². The van der Waals surface area contributed by atoms with Crippen molar-refractivity contribution in [2.45, 2.75) is 5.41 Å². The van der Waals surface area contributed by atoms with Gasteiger partial charge in [-0.05, 0) is 76.3 Å². The maximum Gasteiger partial charge on any atom is 0.336 e. The minimum absolute atomic E-state index is 0.140. The monoisotopic (exact) mass is 422 g/mol. The van der Waals surface area contributed by atoms with Gasteiger partial charge < -0.3 is 28.0 Å². The van der Waals surface area contributed by atoms with Crippen LogP contribution >= 0.6 is 0 Å². The van der Waals surface area contributed by atoms with Crippen molar-refractivity contribution < 1.29 is 9.90 Å². The highest BCUT2D eigenvalue weighted by Gasteiger charge is 2.48. The van der Waals surface area contributed by atoms with E-state index >= 15 is 0 Å². The molecule has 0 amide bonds. The third-order valence-electron chi connectivity index (χ3n) is 6.15. The molecule has 0 fully saturated rings. The maximum absolute atomic E-state index is 12.3. The van der Waals surface area contributed by atoms with E-state index in [0.29, 0.717) is 28.3 Å². The normalized spacial score (nSPS) is 13.4. The van der Waals surface area contributed by atoms with Crippen molar-refractivity contribution in [2.24, 2.45) is 0 Å². The van der Waals surface area contributed by atoms with E-state index in [1.54, 1.807) is 6.07 Å². The van der Waals surface area contributed by atoms with Crippen molar-refractivity contribution in [3.8, 4) is 11.1 Å². The highest BCUT2D eigenvalue weighted by atomic mass is 16.4. The molecule has 0 bridgehead atoms. The number of rotatable bonds is 3. The van der Waals surface area contributed by atoms with Crippen molar-refractivity contribution in [3.63, 3.8) is 0 Å². The first-order valence-electron chi connectivity index (χ1n) is 10.1. The molecule has 4 aromatic carbocycles. The first-order valence-corrected chi connectivity index (χ1v) is 10.1. The van der Waals surface area contributed by atoms with Gasteiger partial charge >= 0.3 is 5.97 Å². The second-order valence-corrected chi connectivity index (χ2v) is 8.10. The van der Waals surface area contributed by atoms with Crippen LogP contribution in [0.25, 0.3) is 11.1 Å². The zero-order valence-electron chi connectivity index (χ0n) is 17.2. The van der Waals surface area contributed by atoms with Crippen LogP contribution in [0.15, 0.2) is 78.9 Å². The molecule has 32 heavy (non-hydrogen) atoms. The summed E-state index contributed by atoms with van der Waals surface area (Å²) >= 11 is 0. The molecule has 158 valence electrons. The van der Waals surface area contributed by atoms with Crippen molar-refractivity contribution in [3.05, 3.63) is 107 Å². The minimum atomic E-state index is -1.05. The molecular weight excluding hydrogens is 400 g/mol. The maximum atomic E-state index is 12.3. The number of hydrogen-bond acceptors (Lipinski definition) is 5.